The molecule has 1 N–H and O–H groups in total. The Balaban J connectivity index is 1.94. The lowest BCUT2D eigenvalue weighted by molar-refractivity contribution is -0.141. The van der Waals surface area contributed by atoms with Gasteiger partial charge in [0.15, 0.2) is 11.3 Å². The number of amides is 2. The van der Waals surface area contributed by atoms with Crippen LogP contribution in [0.25, 0.3) is 0 Å². The maximum Gasteiger partial charge on any atom is 0.410 e. The van der Waals surface area contributed by atoms with Crippen LogP contribution in [0.3, 0.4) is 0 Å². The first-order chi connectivity index (χ1) is 11.7. The molecule has 1 aliphatic heterocycles. The molecule has 1 saturated heterocycles. The van der Waals surface area contributed by atoms with Crippen molar-refractivity contribution >= 4 is 23.6 Å². The van der Waals surface area contributed by atoms with Gasteiger partial charge in [-0.15, -0.1) is 0 Å². The molecule has 1 fully saturated rings. The second-order valence-corrected chi connectivity index (χ2v) is 7.17. The van der Waals surface area contributed by atoms with Crippen LogP contribution in [0.1, 0.15) is 33.4 Å². The summed E-state index contributed by atoms with van der Waals surface area (Å²) in [4.78, 5) is 34.1. The van der Waals surface area contributed by atoms with E-state index < -0.39 is 17.8 Å². The zero-order chi connectivity index (χ0) is 18.6. The summed E-state index contributed by atoms with van der Waals surface area (Å²) in [5.74, 6) is -0.345. The molecule has 25 heavy (non-hydrogen) atoms. The lowest BCUT2D eigenvalue weighted by Gasteiger charge is -2.38. The van der Waals surface area contributed by atoms with E-state index in [1.165, 1.54) is 17.3 Å². The number of nitrogens with zero attached hydrogens (tertiary/aromatic N) is 3. The molecule has 1 aromatic heterocycles. The predicted octanol–water partition coefficient (Wildman–Crippen LogP) is 1.77. The number of rotatable bonds is 3. The Labute approximate surface area is 151 Å². The molecule has 9 heteroatoms. The van der Waals surface area contributed by atoms with Crippen LogP contribution in [0.2, 0.25) is 5.15 Å². The van der Waals surface area contributed by atoms with Crippen molar-refractivity contribution in [3.05, 3.63) is 23.2 Å². The molecule has 0 saturated carbocycles. The number of nitrogens with one attached hydrogen (secondary N) is 1. The van der Waals surface area contributed by atoms with Crippen LogP contribution in [0.15, 0.2) is 12.4 Å². The fourth-order valence-electron chi connectivity index (χ4n) is 2.24. The lowest BCUT2D eigenvalue weighted by Crippen LogP contribution is -2.56. The average molecular weight is 371 g/mol. The molecule has 2 atom stereocenters. The van der Waals surface area contributed by atoms with Gasteiger partial charge >= 0.3 is 6.09 Å². The molecular weight excluding hydrogens is 348 g/mol. The van der Waals surface area contributed by atoms with Gasteiger partial charge in [0.1, 0.15) is 5.60 Å². The summed E-state index contributed by atoms with van der Waals surface area (Å²) in [5, 5.41) is 2.94. The molecule has 2 heterocycles. The van der Waals surface area contributed by atoms with Crippen molar-refractivity contribution in [2.24, 2.45) is 0 Å². The summed E-state index contributed by atoms with van der Waals surface area (Å²) in [7, 11) is 0. The first kappa shape index (κ1) is 19.4. The van der Waals surface area contributed by atoms with Crippen LogP contribution in [0.5, 0.6) is 0 Å². The Morgan fingerprint density at radius 1 is 1.40 bits per heavy atom. The molecule has 1 aliphatic rings. The van der Waals surface area contributed by atoms with E-state index in [2.05, 4.69) is 15.3 Å². The highest BCUT2D eigenvalue weighted by atomic mass is 35.5. The van der Waals surface area contributed by atoms with Crippen LogP contribution in [-0.2, 0) is 20.8 Å². The third-order valence-corrected chi connectivity index (χ3v) is 3.82. The van der Waals surface area contributed by atoms with Gasteiger partial charge in [0.05, 0.1) is 31.4 Å². The van der Waals surface area contributed by atoms with Gasteiger partial charge in [0, 0.05) is 12.4 Å². The summed E-state index contributed by atoms with van der Waals surface area (Å²) in [5.41, 5.74) is -0.138. The van der Waals surface area contributed by atoms with Gasteiger partial charge in [-0.1, -0.05) is 11.6 Å². The standard InChI is InChI=1S/C16H23ClN4O4/c1-10-9-24-12(8-21(10)15(23)25-16(2,3)4)14(22)20-7-11-13(17)19-6-5-18-11/h5-6,10,12H,7-9H2,1-4H3,(H,20,22)/t10-,12+/m0/s1. The molecule has 0 spiro atoms. The van der Waals surface area contributed by atoms with Crippen molar-refractivity contribution in [1.82, 2.24) is 20.2 Å². The van der Waals surface area contributed by atoms with Crippen molar-refractivity contribution in [3.8, 4) is 0 Å². The minimum absolute atomic E-state index is 0.121. The maximum atomic E-state index is 12.3. The summed E-state index contributed by atoms with van der Waals surface area (Å²) in [6.45, 7) is 7.74. The van der Waals surface area contributed by atoms with Crippen molar-refractivity contribution in [2.45, 2.75) is 52.0 Å². The summed E-state index contributed by atoms with van der Waals surface area (Å²) in [6.07, 6.45) is 1.73. The third-order valence-electron chi connectivity index (χ3n) is 3.51. The van der Waals surface area contributed by atoms with Crippen LogP contribution < -0.4 is 5.32 Å². The summed E-state index contributed by atoms with van der Waals surface area (Å²) >= 11 is 5.91. The largest absolute Gasteiger partial charge is 0.444 e. The first-order valence-electron chi connectivity index (χ1n) is 8.01. The number of aromatic nitrogens is 2. The molecule has 8 nitrogen and oxygen atoms in total. The zero-order valence-corrected chi connectivity index (χ0v) is 15.5. The maximum absolute atomic E-state index is 12.3. The van der Waals surface area contributed by atoms with E-state index in [-0.39, 0.29) is 36.8 Å². The average Bonchev–Trinajstić information content (AvgIpc) is 2.52. The number of carbonyl (C=O) groups is 2. The van der Waals surface area contributed by atoms with Crippen LogP contribution >= 0.6 is 11.6 Å². The second kappa shape index (κ2) is 7.97. The van der Waals surface area contributed by atoms with Gasteiger partial charge in [0.2, 0.25) is 0 Å². The van der Waals surface area contributed by atoms with E-state index in [1.807, 2.05) is 6.92 Å². The molecule has 0 unspecified atom stereocenters. The van der Waals surface area contributed by atoms with E-state index in [1.54, 1.807) is 20.8 Å². The highest BCUT2D eigenvalue weighted by Gasteiger charge is 2.35. The molecule has 2 rings (SSSR count). The van der Waals surface area contributed by atoms with E-state index in [0.29, 0.717) is 5.69 Å². The van der Waals surface area contributed by atoms with Gasteiger partial charge in [-0.2, -0.15) is 0 Å². The highest BCUT2D eigenvalue weighted by molar-refractivity contribution is 6.29. The van der Waals surface area contributed by atoms with Crippen molar-refractivity contribution in [2.75, 3.05) is 13.2 Å². The Morgan fingerprint density at radius 3 is 2.72 bits per heavy atom. The first-order valence-corrected chi connectivity index (χ1v) is 8.39. The molecular formula is C16H23ClN4O4. The van der Waals surface area contributed by atoms with E-state index in [0.717, 1.165) is 0 Å². The minimum Gasteiger partial charge on any atom is -0.444 e. The van der Waals surface area contributed by atoms with E-state index in [4.69, 9.17) is 21.1 Å². The topological polar surface area (TPSA) is 93.6 Å². The number of halogens is 1. The van der Waals surface area contributed by atoms with E-state index in [9.17, 15) is 9.59 Å². The second-order valence-electron chi connectivity index (χ2n) is 6.82. The molecule has 0 bridgehead atoms. The highest BCUT2D eigenvalue weighted by Crippen LogP contribution is 2.17. The Morgan fingerprint density at radius 2 is 2.08 bits per heavy atom. The summed E-state index contributed by atoms with van der Waals surface area (Å²) in [6, 6.07) is -0.173. The van der Waals surface area contributed by atoms with Gasteiger partial charge in [0.25, 0.3) is 5.91 Å². The molecule has 0 aliphatic carbocycles. The van der Waals surface area contributed by atoms with Crippen LogP contribution in [-0.4, -0.2) is 57.8 Å². The van der Waals surface area contributed by atoms with Crippen LogP contribution in [0, 0.1) is 0 Å². The van der Waals surface area contributed by atoms with Gasteiger partial charge in [-0.05, 0) is 27.7 Å². The number of carbonyl (C=O) groups excluding carboxylic acids is 2. The third kappa shape index (κ3) is 5.54. The Kier molecular flexibility index (Phi) is 6.18. The number of ether oxygens (including phenoxy) is 2. The van der Waals surface area contributed by atoms with Crippen molar-refractivity contribution in [3.63, 3.8) is 0 Å². The molecule has 138 valence electrons. The molecule has 0 aromatic carbocycles. The van der Waals surface area contributed by atoms with Gasteiger partial charge < -0.3 is 19.7 Å². The quantitative estimate of drug-likeness (QED) is 0.871. The van der Waals surface area contributed by atoms with Crippen LogP contribution in [0.4, 0.5) is 4.79 Å². The fraction of sp³-hybridized carbons (Fsp3) is 0.625. The summed E-state index contributed by atoms with van der Waals surface area (Å²) < 4.78 is 10.9. The molecule has 2 amide bonds. The molecule has 0 radical (unpaired) electrons. The fourth-order valence-corrected chi connectivity index (χ4v) is 2.42. The Hall–Kier alpha value is -1.93. The predicted molar refractivity (Wildman–Crippen MR) is 91.0 cm³/mol. The van der Waals surface area contributed by atoms with E-state index >= 15 is 0 Å². The van der Waals surface area contributed by atoms with Crippen molar-refractivity contribution in [1.29, 1.82) is 0 Å². The van der Waals surface area contributed by atoms with Gasteiger partial charge in [-0.25, -0.2) is 9.78 Å². The monoisotopic (exact) mass is 370 g/mol. The lowest BCUT2D eigenvalue weighted by atomic mass is 10.2. The smallest absolute Gasteiger partial charge is 0.410 e. The van der Waals surface area contributed by atoms with Crippen molar-refractivity contribution < 1.29 is 19.1 Å². The zero-order valence-electron chi connectivity index (χ0n) is 14.8. The normalized spacial score (nSPS) is 20.9. The SMILES string of the molecule is C[C@H]1CO[C@@H](C(=O)NCc2nccnc2Cl)CN1C(=O)OC(C)(C)C. The number of hydrogen-bond donors (Lipinski definition) is 1. The number of morpholine rings is 1. The van der Waals surface area contributed by atoms with Gasteiger partial charge in [-0.3, -0.25) is 9.78 Å². The molecule has 1 aromatic rings. The Bertz CT molecular complexity index is 635. The minimum atomic E-state index is -0.779. The number of hydrogen-bond acceptors (Lipinski definition) is 6.